The minimum Gasteiger partial charge on any atom is -0.491 e. The standard InChI is InChI=1S/C31H41ClN6O4/c32-23-18-22(21-33)4-7-28(19-23)42-26-8-5-24(6-9-26)34-31(40)29-10-11-30(36-35-29)38-14-12-37(13-15-38)16-17-41-27-3-1-2-25(39)20-27/h4,7,10-11,18-19,23-27,39H,1-3,5-6,8-9,12-17,20H2,(H,34,40)/t23?,24?,25-,26?,27+/m0/s1. The van der Waals surface area contributed by atoms with Crippen molar-refractivity contribution in [3.05, 3.63) is 53.5 Å². The number of alkyl halides is 1. The highest BCUT2D eigenvalue weighted by atomic mass is 35.5. The molecule has 1 aromatic heterocycles. The Morgan fingerprint density at radius 2 is 1.86 bits per heavy atom. The highest BCUT2D eigenvalue weighted by molar-refractivity contribution is 6.23. The second kappa shape index (κ2) is 15.0. The Labute approximate surface area is 253 Å². The third-order valence-corrected chi connectivity index (χ3v) is 8.72. The van der Waals surface area contributed by atoms with E-state index >= 15 is 0 Å². The van der Waals surface area contributed by atoms with Gasteiger partial charge < -0.3 is 24.8 Å². The van der Waals surface area contributed by atoms with Gasteiger partial charge in [-0.25, -0.2) is 0 Å². The number of anilines is 1. The number of aliphatic hydroxyl groups is 1. The molecule has 2 N–H and O–H groups in total. The van der Waals surface area contributed by atoms with Gasteiger partial charge in [-0.05, 0) is 87.8 Å². The molecule has 10 nitrogen and oxygen atoms in total. The molecule has 0 spiro atoms. The number of hydrogen-bond acceptors (Lipinski definition) is 9. The van der Waals surface area contributed by atoms with Crippen LogP contribution in [0.2, 0.25) is 0 Å². The van der Waals surface area contributed by atoms with Crippen LogP contribution in [-0.2, 0) is 9.47 Å². The number of carbonyl (C=O) groups is 1. The van der Waals surface area contributed by atoms with Crippen molar-refractivity contribution in [3.8, 4) is 6.07 Å². The molecule has 11 heteroatoms. The second-order valence-corrected chi connectivity index (χ2v) is 12.1. The third kappa shape index (κ3) is 8.77. The first-order chi connectivity index (χ1) is 20.4. The SMILES string of the molecule is N#CC1=CC(Cl)C=C(OC2CCC(NC(=O)c3ccc(N4CCN(CCO[C@@H]5CCC[C@H](O)C5)CC4)nn3)CC2)C=C1. The lowest BCUT2D eigenvalue weighted by Gasteiger charge is -2.35. The predicted octanol–water partition coefficient (Wildman–Crippen LogP) is 3.49. The molecule has 1 saturated heterocycles. The van der Waals surface area contributed by atoms with E-state index in [1.54, 1.807) is 30.4 Å². The molecule has 5 rings (SSSR count). The highest BCUT2D eigenvalue weighted by Crippen LogP contribution is 2.26. The van der Waals surface area contributed by atoms with Crippen molar-refractivity contribution in [2.75, 3.05) is 44.2 Å². The average molecular weight is 597 g/mol. The summed E-state index contributed by atoms with van der Waals surface area (Å²) < 4.78 is 12.1. The molecule has 1 unspecified atom stereocenters. The van der Waals surface area contributed by atoms with Crippen LogP contribution < -0.4 is 10.2 Å². The van der Waals surface area contributed by atoms with Crippen LogP contribution in [-0.4, -0.2) is 95.2 Å². The van der Waals surface area contributed by atoms with E-state index in [2.05, 4.69) is 31.4 Å². The summed E-state index contributed by atoms with van der Waals surface area (Å²) >= 11 is 6.25. The monoisotopic (exact) mass is 596 g/mol. The molecule has 1 amide bonds. The summed E-state index contributed by atoms with van der Waals surface area (Å²) in [4.78, 5) is 17.4. The summed E-state index contributed by atoms with van der Waals surface area (Å²) in [7, 11) is 0. The zero-order valence-corrected chi connectivity index (χ0v) is 24.8. The van der Waals surface area contributed by atoms with Crippen LogP contribution in [0.5, 0.6) is 0 Å². The number of piperazine rings is 1. The number of rotatable bonds is 9. The fraction of sp³-hybridized carbons (Fsp3) is 0.613. The lowest BCUT2D eigenvalue weighted by molar-refractivity contribution is -0.0213. The zero-order valence-electron chi connectivity index (χ0n) is 24.0. The maximum Gasteiger partial charge on any atom is 0.272 e. The molecule has 3 fully saturated rings. The van der Waals surface area contributed by atoms with E-state index in [1.807, 2.05) is 6.07 Å². The summed E-state index contributed by atoms with van der Waals surface area (Å²) in [5, 5.41) is 30.2. The molecule has 0 aromatic carbocycles. The molecular weight excluding hydrogens is 556 g/mol. The normalized spacial score (nSPS) is 28.7. The molecule has 4 aliphatic rings. The quantitative estimate of drug-likeness (QED) is 0.412. The molecule has 1 aliphatic heterocycles. The number of nitriles is 1. The van der Waals surface area contributed by atoms with Crippen molar-refractivity contribution in [2.45, 2.75) is 81.1 Å². The minimum atomic E-state index is -0.384. The maximum atomic E-state index is 12.9. The Morgan fingerprint density at radius 1 is 1.05 bits per heavy atom. The first-order valence-electron chi connectivity index (χ1n) is 15.2. The van der Waals surface area contributed by atoms with Crippen LogP contribution in [0.4, 0.5) is 5.82 Å². The van der Waals surface area contributed by atoms with Gasteiger partial charge in [0, 0.05) is 44.3 Å². The van der Waals surface area contributed by atoms with E-state index in [-0.39, 0.29) is 35.6 Å². The predicted molar refractivity (Wildman–Crippen MR) is 160 cm³/mol. The molecule has 42 heavy (non-hydrogen) atoms. The van der Waals surface area contributed by atoms with Gasteiger partial charge in [0.15, 0.2) is 11.5 Å². The lowest BCUT2D eigenvalue weighted by atomic mass is 9.92. The van der Waals surface area contributed by atoms with Gasteiger partial charge in [-0.1, -0.05) is 0 Å². The number of allylic oxidation sites excluding steroid dienone is 5. The van der Waals surface area contributed by atoms with Crippen molar-refractivity contribution in [1.29, 1.82) is 5.26 Å². The lowest BCUT2D eigenvalue weighted by Crippen LogP contribution is -2.48. The van der Waals surface area contributed by atoms with Gasteiger partial charge in [-0.3, -0.25) is 9.69 Å². The first-order valence-corrected chi connectivity index (χ1v) is 15.6. The number of hydrogen-bond donors (Lipinski definition) is 2. The van der Waals surface area contributed by atoms with Gasteiger partial charge >= 0.3 is 0 Å². The second-order valence-electron chi connectivity index (χ2n) is 11.6. The number of aromatic nitrogens is 2. The molecule has 226 valence electrons. The number of halogens is 1. The van der Waals surface area contributed by atoms with E-state index < -0.39 is 0 Å². The molecule has 1 aromatic rings. The zero-order chi connectivity index (χ0) is 29.3. The van der Waals surface area contributed by atoms with E-state index in [4.69, 9.17) is 26.3 Å². The maximum absolute atomic E-state index is 12.9. The molecular formula is C31H41ClN6O4. The summed E-state index contributed by atoms with van der Waals surface area (Å²) in [6.07, 6.45) is 14.0. The molecule has 3 atom stereocenters. The van der Waals surface area contributed by atoms with Gasteiger partial charge in [0.05, 0.1) is 36.4 Å². The highest BCUT2D eigenvalue weighted by Gasteiger charge is 2.26. The van der Waals surface area contributed by atoms with E-state index in [1.165, 1.54) is 0 Å². The van der Waals surface area contributed by atoms with Crippen LogP contribution in [0.15, 0.2) is 47.8 Å². The Hall–Kier alpha value is -2.97. The van der Waals surface area contributed by atoms with Crippen molar-refractivity contribution in [1.82, 2.24) is 20.4 Å². The largest absolute Gasteiger partial charge is 0.491 e. The van der Waals surface area contributed by atoms with Crippen LogP contribution >= 0.6 is 11.6 Å². The van der Waals surface area contributed by atoms with Crippen molar-refractivity contribution < 1.29 is 19.4 Å². The molecule has 0 radical (unpaired) electrons. The molecule has 2 heterocycles. The number of nitrogens with one attached hydrogen (secondary N) is 1. The van der Waals surface area contributed by atoms with Gasteiger partial charge in [0.25, 0.3) is 5.91 Å². The van der Waals surface area contributed by atoms with Gasteiger partial charge in [-0.2, -0.15) is 5.26 Å². The number of aliphatic hydroxyl groups excluding tert-OH is 1. The van der Waals surface area contributed by atoms with Gasteiger partial charge in [-0.15, -0.1) is 21.8 Å². The summed E-state index contributed by atoms with van der Waals surface area (Å²) in [5.41, 5.74) is 0.840. The van der Waals surface area contributed by atoms with Crippen molar-refractivity contribution >= 4 is 23.3 Å². The Balaban J connectivity index is 0.998. The summed E-state index contributed by atoms with van der Waals surface area (Å²) in [6, 6.07) is 5.80. The van der Waals surface area contributed by atoms with Gasteiger partial charge in [0.1, 0.15) is 5.76 Å². The third-order valence-electron chi connectivity index (χ3n) is 8.47. The Kier molecular flexibility index (Phi) is 10.9. The fourth-order valence-electron chi connectivity index (χ4n) is 6.03. The first kappa shape index (κ1) is 30.5. The summed E-state index contributed by atoms with van der Waals surface area (Å²) in [5.74, 6) is 1.25. The number of amides is 1. The van der Waals surface area contributed by atoms with Crippen molar-refractivity contribution in [2.24, 2.45) is 0 Å². The van der Waals surface area contributed by atoms with Crippen LogP contribution in [0.1, 0.15) is 61.9 Å². The fourth-order valence-corrected chi connectivity index (χ4v) is 6.29. The van der Waals surface area contributed by atoms with Crippen molar-refractivity contribution in [3.63, 3.8) is 0 Å². The Morgan fingerprint density at radius 3 is 2.57 bits per heavy atom. The van der Waals surface area contributed by atoms with E-state index in [0.29, 0.717) is 23.6 Å². The minimum absolute atomic E-state index is 0.0412. The summed E-state index contributed by atoms with van der Waals surface area (Å²) in [6.45, 7) is 5.13. The van der Waals surface area contributed by atoms with E-state index in [9.17, 15) is 9.90 Å². The van der Waals surface area contributed by atoms with Crippen LogP contribution in [0, 0.1) is 11.3 Å². The molecule has 3 aliphatic carbocycles. The Bertz CT molecular complexity index is 1180. The number of carbonyl (C=O) groups excluding carboxylic acids is 1. The molecule has 0 bridgehead atoms. The molecule has 2 saturated carbocycles. The van der Waals surface area contributed by atoms with Gasteiger partial charge in [0.2, 0.25) is 0 Å². The number of ether oxygens (including phenoxy) is 2. The van der Waals surface area contributed by atoms with Crippen LogP contribution in [0.3, 0.4) is 0 Å². The smallest absolute Gasteiger partial charge is 0.272 e. The topological polar surface area (TPSA) is 124 Å². The number of nitrogens with zero attached hydrogens (tertiary/aromatic N) is 5. The van der Waals surface area contributed by atoms with Crippen LogP contribution in [0.25, 0.3) is 0 Å². The average Bonchev–Trinajstić information content (AvgIpc) is 3.19. The van der Waals surface area contributed by atoms with E-state index in [0.717, 1.165) is 89.9 Å².